The number of ether oxygens (including phenoxy) is 3. The van der Waals surface area contributed by atoms with E-state index in [-0.39, 0.29) is 41.6 Å². The smallest absolute Gasteiger partial charge is 0.193 e. The van der Waals surface area contributed by atoms with E-state index in [9.17, 15) is 4.39 Å². The zero-order chi connectivity index (χ0) is 22.1. The lowest BCUT2D eigenvalue weighted by Crippen LogP contribution is -2.38. The number of benzene rings is 2. The molecule has 0 unspecified atom stereocenters. The van der Waals surface area contributed by atoms with Crippen LogP contribution in [0.15, 0.2) is 47.5 Å². The van der Waals surface area contributed by atoms with E-state index in [1.54, 1.807) is 13.1 Å². The van der Waals surface area contributed by atoms with Crippen LogP contribution in [-0.2, 0) is 29.2 Å². The SMILES string of the molecule is CN=C(NCc1cccc(COC2CCOCC2)c1)N(C)Cc1ccc(OC)c(F)c1.I. The van der Waals surface area contributed by atoms with Gasteiger partial charge in [0.2, 0.25) is 0 Å². The summed E-state index contributed by atoms with van der Waals surface area (Å²) in [5, 5.41) is 3.38. The molecule has 0 aromatic heterocycles. The molecule has 2 aromatic carbocycles. The second-order valence-electron chi connectivity index (χ2n) is 7.67. The van der Waals surface area contributed by atoms with Crippen molar-refractivity contribution in [1.29, 1.82) is 0 Å². The van der Waals surface area contributed by atoms with E-state index in [1.807, 2.05) is 24.1 Å². The van der Waals surface area contributed by atoms with Gasteiger partial charge in [0.15, 0.2) is 17.5 Å². The van der Waals surface area contributed by atoms with Gasteiger partial charge in [-0.15, -0.1) is 24.0 Å². The highest BCUT2D eigenvalue weighted by Gasteiger charge is 2.14. The van der Waals surface area contributed by atoms with Gasteiger partial charge in [-0.25, -0.2) is 4.39 Å². The summed E-state index contributed by atoms with van der Waals surface area (Å²) >= 11 is 0. The molecular weight excluding hydrogens is 524 g/mol. The van der Waals surface area contributed by atoms with Crippen LogP contribution >= 0.6 is 24.0 Å². The number of hydrogen-bond donors (Lipinski definition) is 1. The monoisotopic (exact) mass is 557 g/mol. The van der Waals surface area contributed by atoms with E-state index >= 15 is 0 Å². The summed E-state index contributed by atoms with van der Waals surface area (Å²) in [6.45, 7) is 3.34. The molecule has 1 aliphatic rings. The van der Waals surface area contributed by atoms with Gasteiger partial charge < -0.3 is 24.4 Å². The van der Waals surface area contributed by atoms with Gasteiger partial charge in [0.25, 0.3) is 0 Å². The fraction of sp³-hybridized carbons (Fsp3) is 0.458. The summed E-state index contributed by atoms with van der Waals surface area (Å²) in [4.78, 5) is 6.31. The summed E-state index contributed by atoms with van der Waals surface area (Å²) in [6.07, 6.45) is 2.20. The maximum absolute atomic E-state index is 14.0. The molecule has 1 N–H and O–H groups in total. The molecule has 0 saturated carbocycles. The highest BCUT2D eigenvalue weighted by Crippen LogP contribution is 2.18. The molecule has 1 aliphatic heterocycles. The summed E-state index contributed by atoms with van der Waals surface area (Å²) < 4.78 is 30.4. The molecule has 0 atom stereocenters. The van der Waals surface area contributed by atoms with Crippen LogP contribution in [0.2, 0.25) is 0 Å². The Labute approximate surface area is 207 Å². The number of methoxy groups -OCH3 is 1. The summed E-state index contributed by atoms with van der Waals surface area (Å²) in [7, 11) is 5.13. The van der Waals surface area contributed by atoms with E-state index in [4.69, 9.17) is 14.2 Å². The Morgan fingerprint density at radius 3 is 2.59 bits per heavy atom. The fourth-order valence-electron chi connectivity index (χ4n) is 3.61. The van der Waals surface area contributed by atoms with Gasteiger partial charge in [-0.2, -0.15) is 0 Å². The molecule has 32 heavy (non-hydrogen) atoms. The van der Waals surface area contributed by atoms with Crippen molar-refractivity contribution in [3.05, 3.63) is 65.0 Å². The Morgan fingerprint density at radius 1 is 1.16 bits per heavy atom. The average molecular weight is 557 g/mol. The van der Waals surface area contributed by atoms with E-state index < -0.39 is 0 Å². The number of nitrogens with one attached hydrogen (secondary N) is 1. The predicted molar refractivity (Wildman–Crippen MR) is 135 cm³/mol. The predicted octanol–water partition coefficient (Wildman–Crippen LogP) is 4.36. The molecule has 6 nitrogen and oxygen atoms in total. The van der Waals surface area contributed by atoms with Gasteiger partial charge in [0.05, 0.1) is 19.8 Å². The first kappa shape index (κ1) is 26.3. The van der Waals surface area contributed by atoms with Gasteiger partial charge in [-0.1, -0.05) is 30.3 Å². The number of guanidine groups is 1. The lowest BCUT2D eigenvalue weighted by atomic mass is 10.1. The fourth-order valence-corrected chi connectivity index (χ4v) is 3.61. The molecule has 1 saturated heterocycles. The van der Waals surface area contributed by atoms with Crippen LogP contribution in [0.5, 0.6) is 5.75 Å². The molecule has 176 valence electrons. The van der Waals surface area contributed by atoms with Crippen LogP contribution in [0.3, 0.4) is 0 Å². The minimum atomic E-state index is -0.365. The van der Waals surface area contributed by atoms with E-state index in [0.29, 0.717) is 19.7 Å². The molecule has 8 heteroatoms. The molecule has 0 aliphatic carbocycles. The van der Waals surface area contributed by atoms with Crippen LogP contribution in [0.1, 0.15) is 29.5 Å². The van der Waals surface area contributed by atoms with Crippen LogP contribution in [0.4, 0.5) is 4.39 Å². The lowest BCUT2D eigenvalue weighted by molar-refractivity contribution is -0.0390. The minimum absolute atomic E-state index is 0. The van der Waals surface area contributed by atoms with Crippen molar-refractivity contribution < 1.29 is 18.6 Å². The molecule has 2 aromatic rings. The van der Waals surface area contributed by atoms with Crippen LogP contribution in [-0.4, -0.2) is 51.4 Å². The summed E-state index contributed by atoms with van der Waals surface area (Å²) in [5.74, 6) is 0.616. The highest BCUT2D eigenvalue weighted by molar-refractivity contribution is 14.0. The van der Waals surface area contributed by atoms with Crippen LogP contribution in [0.25, 0.3) is 0 Å². The Morgan fingerprint density at radius 2 is 1.91 bits per heavy atom. The molecule has 0 spiro atoms. The highest BCUT2D eigenvalue weighted by atomic mass is 127. The van der Waals surface area contributed by atoms with Crippen molar-refractivity contribution in [3.8, 4) is 5.75 Å². The van der Waals surface area contributed by atoms with Crippen molar-refractivity contribution in [2.75, 3.05) is 34.4 Å². The molecule has 1 heterocycles. The first-order chi connectivity index (χ1) is 15.1. The number of hydrogen-bond acceptors (Lipinski definition) is 4. The van der Waals surface area contributed by atoms with Crippen LogP contribution < -0.4 is 10.1 Å². The van der Waals surface area contributed by atoms with Crippen molar-refractivity contribution in [1.82, 2.24) is 10.2 Å². The van der Waals surface area contributed by atoms with Crippen molar-refractivity contribution in [2.45, 2.75) is 38.6 Å². The zero-order valence-corrected chi connectivity index (χ0v) is 21.3. The molecule has 0 radical (unpaired) electrons. The third-order valence-corrected chi connectivity index (χ3v) is 5.31. The third-order valence-electron chi connectivity index (χ3n) is 5.31. The Bertz CT molecular complexity index is 875. The van der Waals surface area contributed by atoms with Crippen molar-refractivity contribution in [3.63, 3.8) is 0 Å². The first-order valence-corrected chi connectivity index (χ1v) is 10.6. The molecule has 3 rings (SSSR count). The quantitative estimate of drug-likeness (QED) is 0.297. The molecular formula is C24H33FIN3O3. The molecule has 1 fully saturated rings. The van der Waals surface area contributed by atoms with E-state index in [2.05, 4.69) is 28.5 Å². The van der Waals surface area contributed by atoms with Crippen LogP contribution in [0, 0.1) is 5.82 Å². The average Bonchev–Trinajstić information content (AvgIpc) is 2.79. The third kappa shape index (κ3) is 7.90. The van der Waals surface area contributed by atoms with Crippen molar-refractivity contribution in [2.24, 2.45) is 4.99 Å². The summed E-state index contributed by atoms with van der Waals surface area (Å²) in [5.41, 5.74) is 3.15. The largest absolute Gasteiger partial charge is 0.494 e. The summed E-state index contributed by atoms with van der Waals surface area (Å²) in [6, 6.07) is 13.4. The number of halogens is 2. The number of rotatable bonds is 8. The number of nitrogens with zero attached hydrogens (tertiary/aromatic N) is 2. The normalized spacial score (nSPS) is 14.6. The standard InChI is InChI=1S/C24H32FN3O3.HI/c1-26-24(28(2)16-19-7-8-23(29-3)22(25)14-19)27-15-18-5-4-6-20(13-18)17-31-21-9-11-30-12-10-21;/h4-8,13-14,21H,9-12,15-17H2,1-3H3,(H,26,27);1H. The van der Waals surface area contributed by atoms with Gasteiger partial charge in [-0.3, -0.25) is 4.99 Å². The number of aliphatic imine (C=N–C) groups is 1. The molecule has 0 amide bonds. The maximum atomic E-state index is 14.0. The second kappa shape index (κ2) is 13.6. The minimum Gasteiger partial charge on any atom is -0.494 e. The van der Waals surface area contributed by atoms with Gasteiger partial charge in [-0.05, 0) is 41.7 Å². The Kier molecular flexibility index (Phi) is 11.2. The van der Waals surface area contributed by atoms with Gasteiger partial charge in [0, 0.05) is 40.4 Å². The molecule has 0 bridgehead atoms. The zero-order valence-electron chi connectivity index (χ0n) is 19.0. The second-order valence-corrected chi connectivity index (χ2v) is 7.67. The topological polar surface area (TPSA) is 55.3 Å². The Balaban J connectivity index is 0.00000363. The van der Waals surface area contributed by atoms with E-state index in [1.165, 1.54) is 13.2 Å². The van der Waals surface area contributed by atoms with Crippen molar-refractivity contribution >= 4 is 29.9 Å². The van der Waals surface area contributed by atoms with Gasteiger partial charge in [0.1, 0.15) is 0 Å². The van der Waals surface area contributed by atoms with E-state index in [0.717, 1.165) is 48.7 Å². The Hall–Kier alpha value is -1.91. The van der Waals surface area contributed by atoms with Gasteiger partial charge >= 0.3 is 0 Å². The maximum Gasteiger partial charge on any atom is 0.193 e. The lowest BCUT2D eigenvalue weighted by Gasteiger charge is -2.23. The first-order valence-electron chi connectivity index (χ1n) is 10.6.